The van der Waals surface area contributed by atoms with Crippen molar-refractivity contribution in [2.24, 2.45) is 0 Å². The first-order valence-corrected chi connectivity index (χ1v) is 8.02. The van der Waals surface area contributed by atoms with Crippen LogP contribution in [-0.2, 0) is 0 Å². The summed E-state index contributed by atoms with van der Waals surface area (Å²) in [5.74, 6) is -1.62. The summed E-state index contributed by atoms with van der Waals surface area (Å²) in [6.45, 7) is 4.42. The highest BCUT2D eigenvalue weighted by Crippen LogP contribution is 2.16. The van der Waals surface area contributed by atoms with Crippen LogP contribution in [-0.4, -0.2) is 17.6 Å². The minimum absolute atomic E-state index is 0.0282. The molecule has 0 bridgehead atoms. The molecule has 4 heteroatoms. The van der Waals surface area contributed by atoms with Crippen molar-refractivity contribution in [3.8, 4) is 0 Å². The molecule has 1 aromatic carbocycles. The number of hydrogen-bond donors (Lipinski definition) is 2. The summed E-state index contributed by atoms with van der Waals surface area (Å²) in [7, 11) is 0. The molecule has 0 unspecified atom stereocenters. The van der Waals surface area contributed by atoms with Crippen LogP contribution in [0.3, 0.4) is 0 Å². The molecule has 0 atom stereocenters. The number of unbranched alkanes of at least 4 members (excludes halogenated alkanes) is 7. The Morgan fingerprint density at radius 1 is 1.14 bits per heavy atom. The van der Waals surface area contributed by atoms with Gasteiger partial charge in [0, 0.05) is 6.54 Å². The number of anilines is 1. The predicted octanol–water partition coefficient (Wildman–Crippen LogP) is 5.24. The zero-order valence-corrected chi connectivity index (χ0v) is 13.1. The molecule has 0 aromatic heterocycles. The fraction of sp³-hybridized carbons (Fsp3) is 0.500. The summed E-state index contributed by atoms with van der Waals surface area (Å²) in [4.78, 5) is 10.7. The lowest BCUT2D eigenvalue weighted by atomic mass is 10.1. The molecule has 0 amide bonds. The van der Waals surface area contributed by atoms with Gasteiger partial charge in [0.15, 0.2) is 0 Å². The lowest BCUT2D eigenvalue weighted by Crippen LogP contribution is -2.05. The van der Waals surface area contributed by atoms with Gasteiger partial charge in [-0.3, -0.25) is 0 Å². The zero-order chi connectivity index (χ0) is 16.2. The summed E-state index contributed by atoms with van der Waals surface area (Å²) in [5.41, 5.74) is 0.342. The summed E-state index contributed by atoms with van der Waals surface area (Å²) in [6, 6.07) is 3.95. The van der Waals surface area contributed by atoms with Gasteiger partial charge in [-0.05, 0) is 37.5 Å². The monoisotopic (exact) mass is 307 g/mol. The predicted molar refractivity (Wildman–Crippen MR) is 89.0 cm³/mol. The van der Waals surface area contributed by atoms with Crippen LogP contribution >= 0.6 is 0 Å². The number of benzene rings is 1. The molecule has 0 aliphatic carbocycles. The highest BCUT2D eigenvalue weighted by Gasteiger charge is 2.07. The number of allylic oxidation sites excluding steroid dienone is 1. The van der Waals surface area contributed by atoms with Crippen molar-refractivity contribution in [3.63, 3.8) is 0 Å². The van der Waals surface area contributed by atoms with E-state index >= 15 is 0 Å². The minimum Gasteiger partial charge on any atom is -0.478 e. The third-order valence-corrected chi connectivity index (χ3v) is 3.62. The van der Waals surface area contributed by atoms with E-state index in [0.29, 0.717) is 12.2 Å². The molecular weight excluding hydrogens is 281 g/mol. The van der Waals surface area contributed by atoms with E-state index in [1.165, 1.54) is 44.2 Å². The molecule has 0 aliphatic heterocycles. The molecule has 0 saturated carbocycles. The van der Waals surface area contributed by atoms with E-state index < -0.39 is 11.8 Å². The van der Waals surface area contributed by atoms with E-state index in [-0.39, 0.29) is 5.56 Å². The second kappa shape index (κ2) is 10.8. The molecule has 0 heterocycles. The van der Waals surface area contributed by atoms with E-state index in [2.05, 4.69) is 11.9 Å². The number of hydrogen-bond acceptors (Lipinski definition) is 2. The fourth-order valence-electron chi connectivity index (χ4n) is 2.31. The van der Waals surface area contributed by atoms with E-state index in [1.807, 2.05) is 6.08 Å². The Balaban J connectivity index is 2.10. The van der Waals surface area contributed by atoms with Gasteiger partial charge in [-0.15, -0.1) is 6.58 Å². The van der Waals surface area contributed by atoms with Crippen molar-refractivity contribution >= 4 is 11.7 Å². The highest BCUT2D eigenvalue weighted by molar-refractivity contribution is 5.88. The Kier molecular flexibility index (Phi) is 8.96. The minimum atomic E-state index is -1.11. The first kappa shape index (κ1) is 18.2. The van der Waals surface area contributed by atoms with Crippen LogP contribution in [0.2, 0.25) is 0 Å². The first-order chi connectivity index (χ1) is 10.6. The Hall–Kier alpha value is -1.84. The summed E-state index contributed by atoms with van der Waals surface area (Å²) in [5, 5.41) is 11.8. The van der Waals surface area contributed by atoms with E-state index in [0.717, 1.165) is 25.3 Å². The maximum atomic E-state index is 13.7. The number of carboxylic acids is 1. The number of halogens is 1. The van der Waals surface area contributed by atoms with Crippen molar-refractivity contribution in [1.82, 2.24) is 0 Å². The number of aromatic carboxylic acids is 1. The molecule has 1 rings (SSSR count). The second-order valence-electron chi connectivity index (χ2n) is 5.48. The Morgan fingerprint density at radius 2 is 1.77 bits per heavy atom. The van der Waals surface area contributed by atoms with Gasteiger partial charge >= 0.3 is 5.97 Å². The van der Waals surface area contributed by atoms with Crippen LogP contribution in [0.15, 0.2) is 30.9 Å². The SMILES string of the molecule is C=CCCCCCCCCCNc1ccc(C(=O)O)cc1F. The average molecular weight is 307 g/mol. The smallest absolute Gasteiger partial charge is 0.335 e. The molecule has 0 radical (unpaired) electrons. The maximum Gasteiger partial charge on any atom is 0.335 e. The van der Waals surface area contributed by atoms with E-state index in [9.17, 15) is 9.18 Å². The topological polar surface area (TPSA) is 49.3 Å². The molecule has 122 valence electrons. The van der Waals surface area contributed by atoms with Crippen molar-refractivity contribution in [2.45, 2.75) is 51.4 Å². The van der Waals surface area contributed by atoms with Crippen molar-refractivity contribution in [3.05, 3.63) is 42.2 Å². The number of nitrogens with one attached hydrogen (secondary N) is 1. The fourth-order valence-corrected chi connectivity index (χ4v) is 2.31. The summed E-state index contributed by atoms with van der Waals surface area (Å²) < 4.78 is 13.7. The quantitative estimate of drug-likeness (QED) is 0.410. The molecular formula is C18H26FNO2. The van der Waals surface area contributed by atoms with Crippen LogP contribution in [0.4, 0.5) is 10.1 Å². The molecule has 0 aliphatic rings. The van der Waals surface area contributed by atoms with Crippen molar-refractivity contribution < 1.29 is 14.3 Å². The van der Waals surface area contributed by atoms with Gasteiger partial charge in [0.25, 0.3) is 0 Å². The van der Waals surface area contributed by atoms with E-state index in [1.54, 1.807) is 0 Å². The molecule has 0 fully saturated rings. The normalized spacial score (nSPS) is 10.4. The average Bonchev–Trinajstić information content (AvgIpc) is 2.50. The van der Waals surface area contributed by atoms with Gasteiger partial charge in [-0.2, -0.15) is 0 Å². The molecule has 22 heavy (non-hydrogen) atoms. The van der Waals surface area contributed by atoms with Gasteiger partial charge in [-0.25, -0.2) is 9.18 Å². The third-order valence-electron chi connectivity index (χ3n) is 3.62. The third kappa shape index (κ3) is 7.25. The summed E-state index contributed by atoms with van der Waals surface area (Å²) >= 11 is 0. The summed E-state index contributed by atoms with van der Waals surface area (Å²) in [6.07, 6.45) is 11.4. The maximum absolute atomic E-state index is 13.7. The standard InChI is InChI=1S/C18H26FNO2/c1-2-3-4-5-6-7-8-9-10-13-20-17-12-11-15(18(21)22)14-16(17)19/h2,11-12,14,20H,1,3-10,13H2,(H,21,22). The van der Waals surface area contributed by atoms with Crippen molar-refractivity contribution in [2.75, 3.05) is 11.9 Å². The molecule has 0 saturated heterocycles. The van der Waals surface area contributed by atoms with Crippen LogP contribution in [0.5, 0.6) is 0 Å². The lowest BCUT2D eigenvalue weighted by molar-refractivity contribution is 0.0696. The van der Waals surface area contributed by atoms with Gasteiger partial charge in [0.1, 0.15) is 5.82 Å². The highest BCUT2D eigenvalue weighted by atomic mass is 19.1. The Morgan fingerprint density at radius 3 is 2.36 bits per heavy atom. The molecule has 3 nitrogen and oxygen atoms in total. The molecule has 2 N–H and O–H groups in total. The Labute approximate surface area is 132 Å². The second-order valence-corrected chi connectivity index (χ2v) is 5.48. The largest absolute Gasteiger partial charge is 0.478 e. The van der Waals surface area contributed by atoms with Gasteiger partial charge < -0.3 is 10.4 Å². The van der Waals surface area contributed by atoms with Crippen LogP contribution in [0, 0.1) is 5.82 Å². The number of rotatable bonds is 12. The Bertz CT molecular complexity index is 474. The first-order valence-electron chi connectivity index (χ1n) is 8.02. The lowest BCUT2D eigenvalue weighted by Gasteiger charge is -2.08. The molecule has 0 spiro atoms. The number of carbonyl (C=O) groups is 1. The van der Waals surface area contributed by atoms with Crippen LogP contribution in [0.1, 0.15) is 61.7 Å². The molecule has 1 aromatic rings. The van der Waals surface area contributed by atoms with Gasteiger partial charge in [0.2, 0.25) is 0 Å². The zero-order valence-electron chi connectivity index (χ0n) is 13.1. The van der Waals surface area contributed by atoms with Gasteiger partial charge in [0.05, 0.1) is 11.3 Å². The van der Waals surface area contributed by atoms with Crippen LogP contribution < -0.4 is 5.32 Å². The van der Waals surface area contributed by atoms with Crippen molar-refractivity contribution in [1.29, 1.82) is 0 Å². The van der Waals surface area contributed by atoms with Gasteiger partial charge in [-0.1, -0.05) is 38.2 Å². The van der Waals surface area contributed by atoms with Crippen LogP contribution in [0.25, 0.3) is 0 Å². The van der Waals surface area contributed by atoms with E-state index in [4.69, 9.17) is 5.11 Å². The number of carboxylic acid groups (broad SMARTS) is 1.